The first-order valence-corrected chi connectivity index (χ1v) is 14.0. The summed E-state index contributed by atoms with van der Waals surface area (Å²) in [5.74, 6) is 0. The van der Waals surface area contributed by atoms with Gasteiger partial charge in [-0.3, -0.25) is 0 Å². The summed E-state index contributed by atoms with van der Waals surface area (Å²) in [5, 5.41) is 0. The van der Waals surface area contributed by atoms with E-state index < -0.39 is 0 Å². The third kappa shape index (κ3) is 23.2. The van der Waals surface area contributed by atoms with Gasteiger partial charge in [-0.1, -0.05) is 117 Å². The van der Waals surface area contributed by atoms with Crippen molar-refractivity contribution >= 4 is 7.92 Å². The minimum Gasteiger partial charge on any atom is -0.107 e. The van der Waals surface area contributed by atoms with Crippen LogP contribution in [0.4, 0.5) is 0 Å². The Morgan fingerprint density at radius 3 is 0.846 bits per heavy atom. The Balaban J connectivity index is 0. The Bertz CT molecular complexity index is 194. The Labute approximate surface area is 184 Å². The zero-order chi connectivity index (χ0) is 18.4. The molecule has 0 atom stereocenters. The van der Waals surface area contributed by atoms with Gasteiger partial charge in [0.05, 0.1) is 0 Å². The zero-order valence-electron chi connectivity index (χ0n) is 18.6. The summed E-state index contributed by atoms with van der Waals surface area (Å²) in [7, 11) is 0.366. The minimum absolute atomic E-state index is 0. The van der Waals surface area contributed by atoms with E-state index in [1.54, 1.807) is 18.5 Å². The maximum Gasteiger partial charge on any atom is 0 e. The molecule has 26 heavy (non-hydrogen) atoms. The van der Waals surface area contributed by atoms with Gasteiger partial charge in [-0.15, -0.1) is 7.92 Å². The topological polar surface area (TPSA) is 0 Å². The fraction of sp³-hybridized carbons (Fsp3) is 1.00. The largest absolute Gasteiger partial charge is 0.107 e. The Hall–Kier alpha value is 1.17. The maximum atomic E-state index is 2.32. The molecule has 2 heteroatoms. The van der Waals surface area contributed by atoms with Gasteiger partial charge in [-0.25, -0.2) is 0 Å². The van der Waals surface area contributed by atoms with Crippen LogP contribution in [0.2, 0.25) is 0 Å². The summed E-state index contributed by atoms with van der Waals surface area (Å²) in [6, 6.07) is 0. The maximum absolute atomic E-state index is 2.32. The standard InChI is InChI=1S/C24H51P.Ag/c1-4-7-10-13-16-19-22-25(23-20-17-14-11-8-5-2)24-21-18-15-12-9-6-3;/h4-24H2,1-3H3;. The second-order valence-corrected chi connectivity index (χ2v) is 10.8. The summed E-state index contributed by atoms with van der Waals surface area (Å²) >= 11 is 0. The predicted molar refractivity (Wildman–Crippen MR) is 122 cm³/mol. The van der Waals surface area contributed by atoms with E-state index in [1.807, 2.05) is 0 Å². The summed E-state index contributed by atoms with van der Waals surface area (Å²) in [6.07, 6.45) is 31.2. The van der Waals surface area contributed by atoms with Crippen LogP contribution in [0.25, 0.3) is 0 Å². The summed E-state index contributed by atoms with van der Waals surface area (Å²) in [4.78, 5) is 0. The van der Waals surface area contributed by atoms with Crippen LogP contribution in [0, 0.1) is 0 Å². The molecule has 163 valence electrons. The molecule has 0 spiro atoms. The van der Waals surface area contributed by atoms with E-state index >= 15 is 0 Å². The van der Waals surface area contributed by atoms with Crippen LogP contribution in [0.15, 0.2) is 0 Å². The van der Waals surface area contributed by atoms with Crippen molar-refractivity contribution in [3.8, 4) is 0 Å². The summed E-state index contributed by atoms with van der Waals surface area (Å²) < 4.78 is 0. The second-order valence-electron chi connectivity index (χ2n) is 8.14. The van der Waals surface area contributed by atoms with E-state index in [2.05, 4.69) is 20.8 Å². The van der Waals surface area contributed by atoms with Crippen molar-refractivity contribution in [3.05, 3.63) is 0 Å². The zero-order valence-corrected chi connectivity index (χ0v) is 21.0. The normalized spacial score (nSPS) is 11.1. The van der Waals surface area contributed by atoms with Crippen LogP contribution in [0.1, 0.15) is 136 Å². The fourth-order valence-corrected chi connectivity index (χ4v) is 6.37. The van der Waals surface area contributed by atoms with Gasteiger partial charge in [-0.2, -0.15) is 0 Å². The molecular weight excluding hydrogens is 427 g/mol. The van der Waals surface area contributed by atoms with E-state index in [-0.39, 0.29) is 22.4 Å². The van der Waals surface area contributed by atoms with Gasteiger partial charge >= 0.3 is 0 Å². The first kappa shape index (κ1) is 29.4. The van der Waals surface area contributed by atoms with Crippen molar-refractivity contribution in [2.24, 2.45) is 0 Å². The second kappa shape index (κ2) is 26.2. The molecule has 0 saturated carbocycles. The van der Waals surface area contributed by atoms with Crippen molar-refractivity contribution in [2.75, 3.05) is 18.5 Å². The third-order valence-electron chi connectivity index (χ3n) is 5.48. The van der Waals surface area contributed by atoms with Crippen molar-refractivity contribution in [2.45, 2.75) is 136 Å². The van der Waals surface area contributed by atoms with Gasteiger partial charge < -0.3 is 0 Å². The monoisotopic (exact) mass is 477 g/mol. The minimum atomic E-state index is 0. The molecule has 0 aliphatic carbocycles. The number of hydrogen-bond acceptors (Lipinski definition) is 0. The van der Waals surface area contributed by atoms with E-state index in [0.29, 0.717) is 7.92 Å². The van der Waals surface area contributed by atoms with Gasteiger partial charge in [0, 0.05) is 22.4 Å². The molecule has 0 unspecified atom stereocenters. The molecule has 0 amide bonds. The molecule has 0 aromatic rings. The molecule has 1 radical (unpaired) electrons. The van der Waals surface area contributed by atoms with Crippen LogP contribution < -0.4 is 0 Å². The van der Waals surface area contributed by atoms with Gasteiger partial charge in [0.2, 0.25) is 0 Å². The van der Waals surface area contributed by atoms with Crippen LogP contribution in [0.5, 0.6) is 0 Å². The summed E-state index contributed by atoms with van der Waals surface area (Å²) in [5.41, 5.74) is 0. The molecule has 0 aliphatic rings. The van der Waals surface area contributed by atoms with Crippen molar-refractivity contribution < 1.29 is 22.4 Å². The van der Waals surface area contributed by atoms with Crippen LogP contribution in [0.3, 0.4) is 0 Å². The Kier molecular flexibility index (Phi) is 29.6. The van der Waals surface area contributed by atoms with Gasteiger partial charge in [-0.05, 0) is 37.7 Å². The van der Waals surface area contributed by atoms with E-state index in [4.69, 9.17) is 0 Å². The molecule has 0 saturated heterocycles. The molecule has 0 rings (SSSR count). The Morgan fingerprint density at radius 2 is 0.577 bits per heavy atom. The average molecular weight is 479 g/mol. The van der Waals surface area contributed by atoms with Crippen molar-refractivity contribution in [1.82, 2.24) is 0 Å². The number of unbranched alkanes of at least 4 members (excludes halogenated alkanes) is 15. The smallest absolute Gasteiger partial charge is 0 e. The SMILES string of the molecule is CCCCCCCCP(CCCCCCCC)CCCCCCCC.[Ag]. The first-order valence-electron chi connectivity index (χ1n) is 12.1. The first-order chi connectivity index (χ1) is 12.3. The average Bonchev–Trinajstić information content (AvgIpc) is 2.63. The molecule has 0 heterocycles. The van der Waals surface area contributed by atoms with Gasteiger partial charge in [0.15, 0.2) is 0 Å². The van der Waals surface area contributed by atoms with Crippen molar-refractivity contribution in [3.63, 3.8) is 0 Å². The summed E-state index contributed by atoms with van der Waals surface area (Å²) in [6.45, 7) is 6.96. The van der Waals surface area contributed by atoms with Gasteiger partial charge in [0.1, 0.15) is 0 Å². The third-order valence-corrected chi connectivity index (χ3v) is 8.33. The fourth-order valence-electron chi connectivity index (χ4n) is 3.68. The van der Waals surface area contributed by atoms with Crippen LogP contribution in [-0.4, -0.2) is 18.5 Å². The number of hydrogen-bond donors (Lipinski definition) is 0. The van der Waals surface area contributed by atoms with Gasteiger partial charge in [0.25, 0.3) is 0 Å². The number of rotatable bonds is 21. The molecule has 0 bridgehead atoms. The van der Waals surface area contributed by atoms with Crippen LogP contribution >= 0.6 is 7.92 Å². The molecule has 0 fully saturated rings. The molecule has 0 N–H and O–H groups in total. The quantitative estimate of drug-likeness (QED) is 0.0875. The Morgan fingerprint density at radius 1 is 0.346 bits per heavy atom. The van der Waals surface area contributed by atoms with E-state index in [9.17, 15) is 0 Å². The van der Waals surface area contributed by atoms with E-state index in [1.165, 1.54) is 116 Å². The van der Waals surface area contributed by atoms with Crippen LogP contribution in [-0.2, 0) is 22.4 Å². The molecule has 0 aliphatic heterocycles. The van der Waals surface area contributed by atoms with E-state index in [0.717, 1.165) is 0 Å². The molecular formula is C24H51AgP. The molecule has 0 aromatic carbocycles. The molecule has 0 nitrogen and oxygen atoms in total. The molecule has 0 aromatic heterocycles. The van der Waals surface area contributed by atoms with Crippen molar-refractivity contribution in [1.29, 1.82) is 0 Å². The predicted octanol–water partition coefficient (Wildman–Crippen LogP) is 9.55.